The maximum atomic E-state index is 12.4. The predicted molar refractivity (Wildman–Crippen MR) is 157 cm³/mol. The number of rotatable bonds is 11. The van der Waals surface area contributed by atoms with E-state index in [0.29, 0.717) is 51.4 Å². The van der Waals surface area contributed by atoms with E-state index in [1.54, 1.807) is 19.1 Å². The normalized spacial score (nSPS) is 21.9. The number of anilines is 1. The molecular weight excluding hydrogens is 587 g/mol. The summed E-state index contributed by atoms with van der Waals surface area (Å²) in [5, 5.41) is 5.44. The van der Waals surface area contributed by atoms with Gasteiger partial charge in [-0.25, -0.2) is 8.42 Å². The number of piperidine rings is 1. The van der Waals surface area contributed by atoms with Gasteiger partial charge in [0.15, 0.2) is 9.84 Å². The van der Waals surface area contributed by atoms with Crippen LogP contribution in [-0.2, 0) is 36.5 Å². The summed E-state index contributed by atoms with van der Waals surface area (Å²) in [4.78, 5) is 14.0. The lowest BCUT2D eigenvalue weighted by Crippen LogP contribution is -2.38. The molecule has 8 nitrogen and oxygen atoms in total. The Bertz CT molecular complexity index is 1520. The first-order chi connectivity index (χ1) is 19.7. The minimum atomic E-state index is -3.59. The molecule has 3 atom stereocenters. The second-order valence-corrected chi connectivity index (χ2v) is 14.0. The molecule has 1 aliphatic heterocycles. The minimum Gasteiger partial charge on any atom is -0.465 e. The number of benzene rings is 2. The van der Waals surface area contributed by atoms with Crippen molar-refractivity contribution < 1.29 is 27.2 Å². The number of sulfone groups is 1. The molecule has 11 heteroatoms. The highest BCUT2D eigenvalue weighted by atomic mass is 35.5. The Morgan fingerprint density at radius 2 is 1.83 bits per heavy atom. The lowest BCUT2D eigenvalue weighted by atomic mass is 10.0. The summed E-state index contributed by atoms with van der Waals surface area (Å²) in [7, 11) is -3.59. The second-order valence-electron chi connectivity index (χ2n) is 11.1. The van der Waals surface area contributed by atoms with Crippen LogP contribution in [0, 0.1) is 5.92 Å². The molecule has 2 saturated carbocycles. The van der Waals surface area contributed by atoms with Crippen LogP contribution in [0.1, 0.15) is 55.4 Å². The third-order valence-electron chi connectivity index (χ3n) is 8.18. The van der Waals surface area contributed by atoms with Crippen LogP contribution in [0.2, 0.25) is 10.0 Å². The maximum absolute atomic E-state index is 12.4. The van der Waals surface area contributed by atoms with Gasteiger partial charge in [0.1, 0.15) is 17.2 Å². The molecular formula is C30H32Cl2N2O6S. The highest BCUT2D eigenvalue weighted by Gasteiger charge is 2.45. The fourth-order valence-corrected chi connectivity index (χ4v) is 7.96. The molecule has 218 valence electrons. The Labute approximate surface area is 249 Å². The lowest BCUT2D eigenvalue weighted by molar-refractivity contribution is -0.139. The molecule has 1 aromatic heterocycles. The van der Waals surface area contributed by atoms with Crippen molar-refractivity contribution in [2.24, 2.45) is 5.92 Å². The van der Waals surface area contributed by atoms with Crippen molar-refractivity contribution in [1.82, 2.24) is 5.16 Å². The quantitative estimate of drug-likeness (QED) is 0.235. The third kappa shape index (κ3) is 6.14. The number of carbonyl (C=O) groups is 1. The van der Waals surface area contributed by atoms with Crippen LogP contribution >= 0.6 is 23.2 Å². The van der Waals surface area contributed by atoms with Gasteiger partial charge in [-0.05, 0) is 62.4 Å². The van der Waals surface area contributed by atoms with Crippen LogP contribution in [0.4, 0.5) is 5.69 Å². The molecule has 0 amide bonds. The number of hydrogen-bond acceptors (Lipinski definition) is 8. The third-order valence-corrected chi connectivity index (χ3v) is 10.3. The summed E-state index contributed by atoms with van der Waals surface area (Å²) < 4.78 is 41.8. The smallest absolute Gasteiger partial charge is 0.321 e. The molecule has 0 spiro atoms. The number of fused-ring (bicyclic) bond motifs is 2. The predicted octanol–water partition coefficient (Wildman–Crippen LogP) is 6.19. The van der Waals surface area contributed by atoms with Crippen LogP contribution < -0.4 is 4.90 Å². The number of carbonyl (C=O) groups excluding carboxylic acids is 1. The molecule has 6 rings (SSSR count). The van der Waals surface area contributed by atoms with Gasteiger partial charge in [-0.1, -0.05) is 46.6 Å². The Morgan fingerprint density at radius 3 is 2.46 bits per heavy atom. The van der Waals surface area contributed by atoms with E-state index < -0.39 is 21.6 Å². The van der Waals surface area contributed by atoms with E-state index >= 15 is 0 Å². The zero-order valence-electron chi connectivity index (χ0n) is 22.7. The zero-order valence-corrected chi connectivity index (χ0v) is 25.1. The largest absolute Gasteiger partial charge is 0.465 e. The topological polar surface area (TPSA) is 98.9 Å². The van der Waals surface area contributed by atoms with Crippen molar-refractivity contribution in [1.29, 1.82) is 0 Å². The lowest BCUT2D eigenvalue weighted by Gasteiger charge is -2.33. The molecule has 0 unspecified atom stereocenters. The Kier molecular flexibility index (Phi) is 8.06. The van der Waals surface area contributed by atoms with Crippen molar-refractivity contribution >= 4 is 44.7 Å². The zero-order chi connectivity index (χ0) is 28.7. The highest BCUT2D eigenvalue weighted by molar-refractivity contribution is 7.91. The molecule has 3 fully saturated rings. The molecule has 0 radical (unpaired) electrons. The van der Waals surface area contributed by atoms with Crippen LogP contribution in [0.5, 0.6) is 0 Å². The van der Waals surface area contributed by atoms with Gasteiger partial charge in [0.05, 0.1) is 35.1 Å². The average molecular weight is 620 g/mol. The van der Waals surface area contributed by atoms with E-state index in [-0.39, 0.29) is 18.5 Å². The van der Waals surface area contributed by atoms with Crippen molar-refractivity contribution in [2.75, 3.05) is 23.8 Å². The first-order valence-corrected chi connectivity index (χ1v) is 16.6. The molecule has 0 N–H and O–H groups in total. The first-order valence-electron chi connectivity index (χ1n) is 14.0. The van der Waals surface area contributed by atoms with Crippen molar-refractivity contribution in [3.05, 3.63) is 69.4 Å². The van der Waals surface area contributed by atoms with Gasteiger partial charge < -0.3 is 18.9 Å². The fraction of sp³-hybridized carbons (Fsp3) is 0.467. The van der Waals surface area contributed by atoms with E-state index in [1.807, 2.05) is 30.3 Å². The SMILES string of the molecule is CCOC(=O)CS(=O)(=O)Cc1ccc(N2C[C@@H]3C[C@H]2C[C@H]3OCc2c(-c3c(Cl)cccc3Cl)noc2C2CC2)cc1. The fourth-order valence-electron chi connectivity index (χ4n) is 6.14. The number of nitrogens with zero attached hydrogens (tertiary/aromatic N) is 2. The Balaban J connectivity index is 1.09. The molecule has 3 aliphatic rings. The van der Waals surface area contributed by atoms with E-state index in [0.717, 1.165) is 49.2 Å². The summed E-state index contributed by atoms with van der Waals surface area (Å²) in [5.74, 6) is 0.122. The summed E-state index contributed by atoms with van der Waals surface area (Å²) >= 11 is 13.0. The van der Waals surface area contributed by atoms with Crippen molar-refractivity contribution in [3.63, 3.8) is 0 Å². The molecule has 2 bridgehead atoms. The van der Waals surface area contributed by atoms with Crippen LogP contribution in [0.25, 0.3) is 11.3 Å². The standard InChI is InChI=1S/C30H32Cl2N2O6S/c1-2-38-27(35)17-41(36,37)16-18-6-10-21(11-7-18)34-14-20-12-22(34)13-26(20)39-15-23-29(33-40-30(23)19-8-9-19)28-24(31)4-3-5-25(28)32/h3-7,10-11,19-20,22,26H,2,8-9,12-17H2,1H3/t20-,22-,26+/m0/s1. The number of aromatic nitrogens is 1. The number of esters is 1. The molecule has 2 aromatic carbocycles. The van der Waals surface area contributed by atoms with Gasteiger partial charge >= 0.3 is 5.97 Å². The first kappa shape index (κ1) is 28.5. The second kappa shape index (κ2) is 11.6. The van der Waals surface area contributed by atoms with Gasteiger partial charge in [-0.2, -0.15) is 0 Å². The molecule has 2 aliphatic carbocycles. The highest BCUT2D eigenvalue weighted by Crippen LogP contribution is 2.47. The van der Waals surface area contributed by atoms with E-state index in [2.05, 4.69) is 10.1 Å². The summed E-state index contributed by atoms with van der Waals surface area (Å²) in [6, 6.07) is 13.3. The number of hydrogen-bond donors (Lipinski definition) is 0. The molecule has 3 aromatic rings. The average Bonchev–Trinajstić information content (AvgIpc) is 3.37. The van der Waals surface area contributed by atoms with E-state index in [4.69, 9.17) is 37.2 Å². The van der Waals surface area contributed by atoms with Gasteiger partial charge in [0.25, 0.3) is 0 Å². The number of ether oxygens (including phenoxy) is 2. The molecule has 2 heterocycles. The van der Waals surface area contributed by atoms with Crippen LogP contribution in [-0.4, -0.2) is 50.6 Å². The summed E-state index contributed by atoms with van der Waals surface area (Å²) in [6.07, 6.45) is 4.24. The van der Waals surface area contributed by atoms with Crippen LogP contribution in [0.3, 0.4) is 0 Å². The number of halogens is 2. The minimum absolute atomic E-state index is 0.125. The summed E-state index contributed by atoms with van der Waals surface area (Å²) in [6.45, 7) is 3.08. The maximum Gasteiger partial charge on any atom is 0.321 e. The van der Waals surface area contributed by atoms with Crippen molar-refractivity contribution in [3.8, 4) is 11.3 Å². The van der Waals surface area contributed by atoms with Crippen LogP contribution in [0.15, 0.2) is 47.0 Å². The Hall–Kier alpha value is -2.59. The summed E-state index contributed by atoms with van der Waals surface area (Å²) in [5.41, 5.74) is 4.00. The van der Waals surface area contributed by atoms with Crippen molar-refractivity contribution in [2.45, 2.75) is 63.0 Å². The Morgan fingerprint density at radius 1 is 1.10 bits per heavy atom. The monoisotopic (exact) mass is 618 g/mol. The van der Waals surface area contributed by atoms with E-state index in [1.165, 1.54) is 0 Å². The molecule has 41 heavy (non-hydrogen) atoms. The molecule has 1 saturated heterocycles. The van der Waals surface area contributed by atoms with Gasteiger partial charge in [0.2, 0.25) is 0 Å². The van der Waals surface area contributed by atoms with Gasteiger partial charge in [-0.15, -0.1) is 0 Å². The van der Waals surface area contributed by atoms with Gasteiger partial charge in [-0.3, -0.25) is 4.79 Å². The van der Waals surface area contributed by atoms with E-state index in [9.17, 15) is 13.2 Å². The van der Waals surface area contributed by atoms with Gasteiger partial charge in [0, 0.05) is 41.2 Å².